The second-order valence-electron chi connectivity index (χ2n) is 5.91. The van der Waals surface area contributed by atoms with Crippen LogP contribution in [0.1, 0.15) is 19.4 Å². The maximum absolute atomic E-state index is 11.9. The quantitative estimate of drug-likeness (QED) is 0.484. The van der Waals surface area contributed by atoms with Gasteiger partial charge in [-0.2, -0.15) is 0 Å². The normalized spacial score (nSPS) is 19.0. The summed E-state index contributed by atoms with van der Waals surface area (Å²) >= 11 is 0. The van der Waals surface area contributed by atoms with E-state index in [1.807, 2.05) is 12.1 Å². The van der Waals surface area contributed by atoms with Crippen LogP contribution in [0.15, 0.2) is 30.0 Å². The van der Waals surface area contributed by atoms with Crippen LogP contribution in [0, 0.1) is 0 Å². The molecule has 24 heavy (non-hydrogen) atoms. The van der Waals surface area contributed by atoms with Gasteiger partial charge >= 0.3 is 18.0 Å². The standard InChI is InChI=1S/C16H17N3O5/c1-16(2)23-13(20)10(14(21)24-16)8-17-11-6-4-5-9-7-18-15(22)19(3)12(9)11/h4-6,8,17H,7H2,1-3H3,(H,18,22). The van der Waals surface area contributed by atoms with Gasteiger partial charge in [0.05, 0.1) is 11.4 Å². The molecule has 0 unspecified atom stereocenters. The van der Waals surface area contributed by atoms with E-state index in [1.54, 1.807) is 13.1 Å². The number of benzene rings is 1. The predicted molar refractivity (Wildman–Crippen MR) is 85.0 cm³/mol. The summed E-state index contributed by atoms with van der Waals surface area (Å²) in [5.74, 6) is -2.81. The van der Waals surface area contributed by atoms with Crippen molar-refractivity contribution in [2.75, 3.05) is 17.3 Å². The highest BCUT2D eigenvalue weighted by Gasteiger charge is 2.39. The summed E-state index contributed by atoms with van der Waals surface area (Å²) in [5, 5.41) is 5.64. The first-order chi connectivity index (χ1) is 11.3. The second kappa shape index (κ2) is 5.55. The molecule has 126 valence electrons. The Morgan fingerprint density at radius 1 is 1.21 bits per heavy atom. The average Bonchev–Trinajstić information content (AvgIpc) is 2.49. The van der Waals surface area contributed by atoms with Crippen molar-refractivity contribution in [1.82, 2.24) is 5.32 Å². The number of para-hydroxylation sites is 1. The molecule has 0 saturated carbocycles. The lowest BCUT2D eigenvalue weighted by Gasteiger charge is -2.30. The van der Waals surface area contributed by atoms with Crippen LogP contribution in [0.5, 0.6) is 0 Å². The molecule has 0 aromatic heterocycles. The molecule has 1 aromatic carbocycles. The van der Waals surface area contributed by atoms with Gasteiger partial charge in [0.25, 0.3) is 5.79 Å². The molecule has 2 N–H and O–H groups in total. The third-order valence-electron chi connectivity index (χ3n) is 3.68. The van der Waals surface area contributed by atoms with Crippen LogP contribution in [0.4, 0.5) is 16.2 Å². The van der Waals surface area contributed by atoms with E-state index in [2.05, 4.69) is 10.6 Å². The molecule has 2 aliphatic rings. The number of nitrogens with zero attached hydrogens (tertiary/aromatic N) is 1. The highest BCUT2D eigenvalue weighted by Crippen LogP contribution is 2.32. The van der Waals surface area contributed by atoms with E-state index in [4.69, 9.17) is 9.47 Å². The Morgan fingerprint density at radius 2 is 1.88 bits per heavy atom. The monoisotopic (exact) mass is 331 g/mol. The molecule has 0 aliphatic carbocycles. The minimum absolute atomic E-state index is 0.234. The number of nitrogens with one attached hydrogen (secondary N) is 2. The molecule has 0 bridgehead atoms. The number of hydrogen-bond donors (Lipinski definition) is 2. The van der Waals surface area contributed by atoms with Crippen LogP contribution < -0.4 is 15.5 Å². The van der Waals surface area contributed by atoms with Crippen LogP contribution >= 0.6 is 0 Å². The molecular formula is C16H17N3O5. The molecule has 8 heteroatoms. The number of carbonyl (C=O) groups excluding carboxylic acids is 3. The summed E-state index contributed by atoms with van der Waals surface area (Å²) in [6.07, 6.45) is 1.23. The van der Waals surface area contributed by atoms with Gasteiger partial charge < -0.3 is 20.1 Å². The van der Waals surface area contributed by atoms with E-state index in [-0.39, 0.29) is 11.6 Å². The smallest absolute Gasteiger partial charge is 0.350 e. The van der Waals surface area contributed by atoms with Gasteiger partial charge in [0.2, 0.25) is 0 Å². The van der Waals surface area contributed by atoms with Crippen molar-refractivity contribution >= 4 is 29.3 Å². The Bertz CT molecular complexity index is 747. The van der Waals surface area contributed by atoms with Crippen LogP contribution in [-0.2, 0) is 25.6 Å². The van der Waals surface area contributed by atoms with Crippen LogP contribution in [0.3, 0.4) is 0 Å². The lowest BCUT2D eigenvalue weighted by molar-refractivity contribution is -0.222. The molecule has 1 saturated heterocycles. The summed E-state index contributed by atoms with van der Waals surface area (Å²) < 4.78 is 10.1. The van der Waals surface area contributed by atoms with Crippen molar-refractivity contribution in [2.24, 2.45) is 0 Å². The van der Waals surface area contributed by atoms with Gasteiger partial charge in [-0.25, -0.2) is 14.4 Å². The first kappa shape index (κ1) is 15.9. The molecule has 2 amide bonds. The maximum atomic E-state index is 11.9. The average molecular weight is 331 g/mol. The Morgan fingerprint density at radius 3 is 2.54 bits per heavy atom. The maximum Gasteiger partial charge on any atom is 0.350 e. The minimum Gasteiger partial charge on any atom is -0.419 e. The fourth-order valence-electron chi connectivity index (χ4n) is 2.57. The third-order valence-corrected chi connectivity index (χ3v) is 3.68. The Hall–Kier alpha value is -3.03. The molecule has 1 fully saturated rings. The van der Waals surface area contributed by atoms with Crippen molar-refractivity contribution in [2.45, 2.75) is 26.2 Å². The molecular weight excluding hydrogens is 314 g/mol. The molecule has 1 aromatic rings. The van der Waals surface area contributed by atoms with Crippen LogP contribution in [0.25, 0.3) is 0 Å². The number of amides is 2. The van der Waals surface area contributed by atoms with E-state index in [9.17, 15) is 14.4 Å². The van der Waals surface area contributed by atoms with Gasteiger partial charge in [0, 0.05) is 33.6 Å². The topological polar surface area (TPSA) is 97.0 Å². The predicted octanol–water partition coefficient (Wildman–Crippen LogP) is 1.48. The molecule has 0 radical (unpaired) electrons. The fourth-order valence-corrected chi connectivity index (χ4v) is 2.57. The van der Waals surface area contributed by atoms with Crippen molar-refractivity contribution < 1.29 is 23.9 Å². The Kier molecular flexibility index (Phi) is 3.67. The minimum atomic E-state index is -1.28. The first-order valence-corrected chi connectivity index (χ1v) is 7.35. The fraction of sp³-hybridized carbons (Fsp3) is 0.312. The number of ether oxygens (including phenoxy) is 2. The lowest BCUT2D eigenvalue weighted by Crippen LogP contribution is -2.42. The summed E-state index contributed by atoms with van der Waals surface area (Å²) in [4.78, 5) is 37.2. The number of carbonyl (C=O) groups is 3. The van der Waals surface area contributed by atoms with Crippen molar-refractivity contribution in [1.29, 1.82) is 0 Å². The van der Waals surface area contributed by atoms with Crippen molar-refractivity contribution in [3.05, 3.63) is 35.5 Å². The zero-order valence-corrected chi connectivity index (χ0v) is 13.5. The van der Waals surface area contributed by atoms with E-state index in [1.165, 1.54) is 24.9 Å². The van der Waals surface area contributed by atoms with Crippen LogP contribution in [0.2, 0.25) is 0 Å². The van der Waals surface area contributed by atoms with Gasteiger partial charge in [-0.1, -0.05) is 12.1 Å². The number of cyclic esters (lactones) is 2. The molecule has 3 rings (SSSR count). The molecule has 2 aliphatic heterocycles. The molecule has 2 heterocycles. The number of fused-ring (bicyclic) bond motifs is 1. The van der Waals surface area contributed by atoms with Crippen molar-refractivity contribution in [3.8, 4) is 0 Å². The van der Waals surface area contributed by atoms with Gasteiger partial charge in [-0.3, -0.25) is 4.90 Å². The molecule has 0 atom stereocenters. The Balaban J connectivity index is 1.89. The number of urea groups is 1. The van der Waals surface area contributed by atoms with E-state index >= 15 is 0 Å². The number of anilines is 2. The van der Waals surface area contributed by atoms with E-state index in [0.29, 0.717) is 17.9 Å². The van der Waals surface area contributed by atoms with Gasteiger partial charge in [0.1, 0.15) is 0 Å². The third kappa shape index (κ3) is 2.78. The summed E-state index contributed by atoms with van der Waals surface area (Å²) in [5.41, 5.74) is 1.93. The molecule has 8 nitrogen and oxygen atoms in total. The molecule has 0 spiro atoms. The number of rotatable bonds is 2. The highest BCUT2D eigenvalue weighted by atomic mass is 16.7. The summed E-state index contributed by atoms with van der Waals surface area (Å²) in [6.45, 7) is 3.37. The summed E-state index contributed by atoms with van der Waals surface area (Å²) in [7, 11) is 1.64. The largest absolute Gasteiger partial charge is 0.419 e. The van der Waals surface area contributed by atoms with E-state index in [0.717, 1.165) is 5.56 Å². The van der Waals surface area contributed by atoms with Crippen LogP contribution in [-0.4, -0.2) is 30.8 Å². The SMILES string of the molecule is CN1C(=O)NCc2cccc(NC=C3C(=O)OC(C)(C)OC3=O)c21. The highest BCUT2D eigenvalue weighted by molar-refractivity contribution is 6.15. The first-order valence-electron chi connectivity index (χ1n) is 7.35. The van der Waals surface area contributed by atoms with Gasteiger partial charge in [-0.05, 0) is 11.6 Å². The zero-order chi connectivity index (χ0) is 17.5. The Labute approximate surface area is 138 Å². The zero-order valence-electron chi connectivity index (χ0n) is 13.5. The van der Waals surface area contributed by atoms with Gasteiger partial charge in [0.15, 0.2) is 5.57 Å². The number of hydrogen-bond acceptors (Lipinski definition) is 6. The van der Waals surface area contributed by atoms with E-state index < -0.39 is 17.7 Å². The number of esters is 2. The van der Waals surface area contributed by atoms with Crippen molar-refractivity contribution in [3.63, 3.8) is 0 Å². The summed E-state index contributed by atoms with van der Waals surface area (Å²) in [6, 6.07) is 5.21. The lowest BCUT2D eigenvalue weighted by atomic mass is 10.1. The second-order valence-corrected chi connectivity index (χ2v) is 5.91. The van der Waals surface area contributed by atoms with Gasteiger partial charge in [-0.15, -0.1) is 0 Å².